The summed E-state index contributed by atoms with van der Waals surface area (Å²) in [6.07, 6.45) is 3.04. The first kappa shape index (κ1) is 15.3. The number of rotatable bonds is 4. The van der Waals surface area contributed by atoms with E-state index in [9.17, 15) is 13.2 Å². The number of hydrogen-bond acceptors (Lipinski definition) is 3. The van der Waals surface area contributed by atoms with Crippen molar-refractivity contribution >= 4 is 27.5 Å². The van der Waals surface area contributed by atoms with E-state index in [0.29, 0.717) is 17.9 Å². The zero-order valence-corrected chi connectivity index (χ0v) is 12.5. The molecule has 3 N–H and O–H groups in total. The van der Waals surface area contributed by atoms with E-state index in [1.54, 1.807) is 0 Å². The molecule has 1 aromatic carbocycles. The van der Waals surface area contributed by atoms with E-state index in [0.717, 1.165) is 12.8 Å². The molecule has 5 nitrogen and oxygen atoms in total. The molecule has 20 heavy (non-hydrogen) atoms. The van der Waals surface area contributed by atoms with Crippen LogP contribution in [0.4, 0.5) is 0 Å². The number of carbonyl (C=O) groups excluding carboxylic acids is 1. The van der Waals surface area contributed by atoms with Crippen molar-refractivity contribution in [2.75, 3.05) is 0 Å². The maximum atomic E-state index is 12.3. The standard InChI is InChI=1S/C13H17ClN2O3S/c14-9-5-7-10(8-6-9)20(18,19)16-12-4-2-1-3-11(12)13(15)17/h5-8,11-12,16H,1-4H2,(H2,15,17)/t11-,12+/m1/s1. The van der Waals surface area contributed by atoms with Crippen LogP contribution < -0.4 is 10.5 Å². The summed E-state index contributed by atoms with van der Waals surface area (Å²) >= 11 is 5.74. The van der Waals surface area contributed by atoms with E-state index in [1.165, 1.54) is 24.3 Å². The molecule has 0 aliphatic heterocycles. The first-order chi connectivity index (χ1) is 9.40. The molecule has 0 saturated heterocycles. The van der Waals surface area contributed by atoms with Crippen LogP contribution in [-0.2, 0) is 14.8 Å². The molecule has 7 heteroatoms. The van der Waals surface area contributed by atoms with Gasteiger partial charge in [-0.1, -0.05) is 24.4 Å². The van der Waals surface area contributed by atoms with E-state index < -0.39 is 27.9 Å². The highest BCUT2D eigenvalue weighted by Crippen LogP contribution is 2.26. The van der Waals surface area contributed by atoms with Gasteiger partial charge in [0.15, 0.2) is 0 Å². The molecule has 1 aliphatic rings. The predicted octanol–water partition coefficient (Wildman–Crippen LogP) is 1.66. The van der Waals surface area contributed by atoms with Gasteiger partial charge in [0.25, 0.3) is 0 Å². The zero-order chi connectivity index (χ0) is 14.8. The van der Waals surface area contributed by atoms with Crippen LogP contribution in [0, 0.1) is 5.92 Å². The van der Waals surface area contributed by atoms with Gasteiger partial charge < -0.3 is 5.73 Å². The van der Waals surface area contributed by atoms with Crippen molar-refractivity contribution in [1.29, 1.82) is 0 Å². The topological polar surface area (TPSA) is 89.3 Å². The van der Waals surface area contributed by atoms with Gasteiger partial charge in [-0.25, -0.2) is 13.1 Å². The van der Waals surface area contributed by atoms with Crippen LogP contribution in [-0.4, -0.2) is 20.4 Å². The normalized spacial score (nSPS) is 23.4. The van der Waals surface area contributed by atoms with Crippen molar-refractivity contribution < 1.29 is 13.2 Å². The van der Waals surface area contributed by atoms with Crippen LogP contribution in [0.5, 0.6) is 0 Å². The summed E-state index contributed by atoms with van der Waals surface area (Å²) in [6, 6.07) is 5.48. The smallest absolute Gasteiger partial charge is 0.240 e. The lowest BCUT2D eigenvalue weighted by Gasteiger charge is -2.29. The quantitative estimate of drug-likeness (QED) is 0.885. The fourth-order valence-corrected chi connectivity index (χ4v) is 3.93. The molecular formula is C13H17ClN2O3S. The van der Waals surface area contributed by atoms with Crippen LogP contribution in [0.15, 0.2) is 29.2 Å². The van der Waals surface area contributed by atoms with Gasteiger partial charge in [0.05, 0.1) is 10.8 Å². The monoisotopic (exact) mass is 316 g/mol. The number of benzene rings is 1. The second-order valence-corrected chi connectivity index (χ2v) is 7.13. The van der Waals surface area contributed by atoms with Crippen LogP contribution in [0.3, 0.4) is 0 Å². The Bertz CT molecular complexity index is 586. The van der Waals surface area contributed by atoms with Crippen molar-refractivity contribution in [2.45, 2.75) is 36.6 Å². The summed E-state index contributed by atoms with van der Waals surface area (Å²) in [5.41, 5.74) is 5.34. The molecule has 0 heterocycles. The van der Waals surface area contributed by atoms with Crippen molar-refractivity contribution in [3.05, 3.63) is 29.3 Å². The van der Waals surface area contributed by atoms with Gasteiger partial charge in [0, 0.05) is 11.1 Å². The van der Waals surface area contributed by atoms with E-state index in [1.807, 2.05) is 0 Å². The highest BCUT2D eigenvalue weighted by atomic mass is 35.5. The minimum absolute atomic E-state index is 0.135. The van der Waals surface area contributed by atoms with Crippen molar-refractivity contribution in [2.24, 2.45) is 11.7 Å². The number of amides is 1. The lowest BCUT2D eigenvalue weighted by molar-refractivity contribution is -0.123. The van der Waals surface area contributed by atoms with Gasteiger partial charge in [-0.2, -0.15) is 0 Å². The molecule has 1 fully saturated rings. The maximum absolute atomic E-state index is 12.3. The molecule has 110 valence electrons. The molecule has 1 aliphatic carbocycles. The summed E-state index contributed by atoms with van der Waals surface area (Å²) in [7, 11) is -3.66. The Morgan fingerprint density at radius 1 is 1.20 bits per heavy atom. The number of hydrogen-bond donors (Lipinski definition) is 2. The minimum Gasteiger partial charge on any atom is -0.369 e. The summed E-state index contributed by atoms with van der Waals surface area (Å²) in [6.45, 7) is 0. The number of nitrogens with two attached hydrogens (primary N) is 1. The lowest BCUT2D eigenvalue weighted by Crippen LogP contribution is -2.46. The van der Waals surface area contributed by atoms with Gasteiger partial charge >= 0.3 is 0 Å². The SMILES string of the molecule is NC(=O)[C@@H]1CCCC[C@@H]1NS(=O)(=O)c1ccc(Cl)cc1. The van der Waals surface area contributed by atoms with E-state index in [4.69, 9.17) is 17.3 Å². The Kier molecular flexibility index (Phi) is 4.67. The van der Waals surface area contributed by atoms with Crippen molar-refractivity contribution in [3.8, 4) is 0 Å². The summed E-state index contributed by atoms with van der Waals surface area (Å²) in [5, 5.41) is 0.469. The third-order valence-corrected chi connectivity index (χ3v) is 5.32. The van der Waals surface area contributed by atoms with Crippen LogP contribution in [0.1, 0.15) is 25.7 Å². The Morgan fingerprint density at radius 3 is 2.40 bits per heavy atom. The molecular weight excluding hydrogens is 300 g/mol. The Morgan fingerprint density at radius 2 is 1.80 bits per heavy atom. The molecule has 2 atom stereocenters. The van der Waals surface area contributed by atoms with Crippen molar-refractivity contribution in [1.82, 2.24) is 4.72 Å². The predicted molar refractivity (Wildman–Crippen MR) is 76.7 cm³/mol. The molecule has 1 amide bonds. The molecule has 0 spiro atoms. The molecule has 2 rings (SSSR count). The number of sulfonamides is 1. The zero-order valence-electron chi connectivity index (χ0n) is 10.9. The number of primary amides is 1. The molecule has 0 aromatic heterocycles. The Labute approximate surface area is 123 Å². The fourth-order valence-electron chi connectivity index (χ4n) is 2.49. The first-order valence-corrected chi connectivity index (χ1v) is 8.33. The third-order valence-electron chi connectivity index (χ3n) is 3.56. The van der Waals surface area contributed by atoms with E-state index in [2.05, 4.69) is 4.72 Å². The fraction of sp³-hybridized carbons (Fsp3) is 0.462. The molecule has 0 unspecified atom stereocenters. The van der Waals surface area contributed by atoms with Gasteiger partial charge in [0.2, 0.25) is 15.9 Å². The van der Waals surface area contributed by atoms with E-state index in [-0.39, 0.29) is 4.90 Å². The highest BCUT2D eigenvalue weighted by molar-refractivity contribution is 7.89. The second-order valence-electron chi connectivity index (χ2n) is 4.98. The average Bonchev–Trinajstić information content (AvgIpc) is 2.39. The highest BCUT2D eigenvalue weighted by Gasteiger charge is 2.32. The minimum atomic E-state index is -3.66. The third kappa shape index (κ3) is 3.50. The Balaban J connectivity index is 2.18. The second kappa shape index (κ2) is 6.11. The Hall–Kier alpha value is -1.11. The first-order valence-electron chi connectivity index (χ1n) is 6.47. The van der Waals surface area contributed by atoms with Gasteiger partial charge in [0.1, 0.15) is 0 Å². The number of nitrogens with one attached hydrogen (secondary N) is 1. The maximum Gasteiger partial charge on any atom is 0.240 e. The van der Waals surface area contributed by atoms with Gasteiger partial charge in [-0.3, -0.25) is 4.79 Å². The summed E-state index contributed by atoms with van der Waals surface area (Å²) in [4.78, 5) is 11.5. The van der Waals surface area contributed by atoms with Crippen LogP contribution in [0.2, 0.25) is 5.02 Å². The molecule has 1 saturated carbocycles. The molecule has 0 radical (unpaired) electrons. The van der Waals surface area contributed by atoms with Crippen molar-refractivity contribution in [3.63, 3.8) is 0 Å². The number of halogens is 1. The number of carbonyl (C=O) groups is 1. The lowest BCUT2D eigenvalue weighted by atomic mass is 9.85. The van der Waals surface area contributed by atoms with E-state index >= 15 is 0 Å². The largest absolute Gasteiger partial charge is 0.369 e. The average molecular weight is 317 g/mol. The van der Waals surface area contributed by atoms with Crippen LogP contribution >= 0.6 is 11.6 Å². The van der Waals surface area contributed by atoms with Gasteiger partial charge in [-0.05, 0) is 37.1 Å². The summed E-state index contributed by atoms with van der Waals surface area (Å²) in [5.74, 6) is -0.890. The summed E-state index contributed by atoms with van der Waals surface area (Å²) < 4.78 is 27.1. The molecule has 1 aromatic rings. The molecule has 0 bridgehead atoms. The van der Waals surface area contributed by atoms with Crippen LogP contribution in [0.25, 0.3) is 0 Å². The van der Waals surface area contributed by atoms with Gasteiger partial charge in [-0.15, -0.1) is 0 Å².